The van der Waals surface area contributed by atoms with Crippen molar-refractivity contribution in [2.45, 2.75) is 31.7 Å². The maximum Gasteiger partial charge on any atom is 0.323 e. The van der Waals surface area contributed by atoms with Crippen LogP contribution in [0.15, 0.2) is 0 Å². The minimum atomic E-state index is -2.76. The molecule has 1 aliphatic rings. The van der Waals surface area contributed by atoms with E-state index >= 15 is 0 Å². The molecule has 3 nitrogen and oxygen atoms in total. The van der Waals surface area contributed by atoms with Gasteiger partial charge in [0.1, 0.15) is 6.04 Å². The van der Waals surface area contributed by atoms with Crippen LogP contribution in [0.1, 0.15) is 19.8 Å². The lowest BCUT2D eigenvalue weighted by atomic mass is 10.2. The summed E-state index contributed by atoms with van der Waals surface area (Å²) in [6, 6.07) is -0.781. The van der Waals surface area contributed by atoms with E-state index in [1.54, 1.807) is 0 Å². The van der Waals surface area contributed by atoms with E-state index in [9.17, 15) is 13.6 Å². The number of carbonyl (C=O) groups excluding carboxylic acids is 1. The van der Waals surface area contributed by atoms with E-state index in [0.717, 1.165) is 0 Å². The molecule has 1 saturated heterocycles. The Bertz CT molecular complexity index is 221. The molecule has 0 bridgehead atoms. The van der Waals surface area contributed by atoms with Crippen LogP contribution in [0.5, 0.6) is 0 Å². The lowest BCUT2D eigenvalue weighted by molar-refractivity contribution is -0.148. The molecule has 1 unspecified atom stereocenters. The summed E-state index contributed by atoms with van der Waals surface area (Å²) in [5.41, 5.74) is 0. The third kappa shape index (κ3) is 2.64. The van der Waals surface area contributed by atoms with Crippen LogP contribution >= 0.6 is 0 Å². The summed E-state index contributed by atoms with van der Waals surface area (Å²) >= 11 is 0. The Morgan fingerprint density at radius 3 is 2.71 bits per heavy atom. The van der Waals surface area contributed by atoms with Crippen molar-refractivity contribution < 1.29 is 18.3 Å². The van der Waals surface area contributed by atoms with Gasteiger partial charge in [0, 0.05) is 6.42 Å². The van der Waals surface area contributed by atoms with Crippen LogP contribution in [0.25, 0.3) is 0 Å². The van der Waals surface area contributed by atoms with Gasteiger partial charge in [0.25, 0.3) is 5.92 Å². The van der Waals surface area contributed by atoms with Crippen LogP contribution < -0.4 is 0 Å². The monoisotopic (exact) mass is 207 g/mol. The minimum absolute atomic E-state index is 0.300. The molecule has 0 aliphatic carbocycles. The molecule has 1 fully saturated rings. The molecule has 0 aromatic carbocycles. The molecule has 0 spiro atoms. The van der Waals surface area contributed by atoms with Gasteiger partial charge in [0.05, 0.1) is 13.2 Å². The molecular weight excluding hydrogens is 192 g/mol. The number of hydrogen-bond acceptors (Lipinski definition) is 3. The number of rotatable bonds is 3. The highest BCUT2D eigenvalue weighted by Crippen LogP contribution is 2.31. The average Bonchev–Trinajstić information content (AvgIpc) is 2.35. The second kappa shape index (κ2) is 4.21. The van der Waals surface area contributed by atoms with Gasteiger partial charge in [-0.3, -0.25) is 9.69 Å². The summed E-state index contributed by atoms with van der Waals surface area (Å²) in [6.45, 7) is 1.80. The normalized spacial score (nSPS) is 26.4. The molecule has 0 amide bonds. The molecular formula is C9H15F2NO2. The predicted octanol–water partition coefficient (Wildman–Crippen LogP) is 1.28. The van der Waals surface area contributed by atoms with Gasteiger partial charge in [-0.2, -0.15) is 0 Å². The second-order valence-corrected chi connectivity index (χ2v) is 3.66. The van der Waals surface area contributed by atoms with Crippen molar-refractivity contribution >= 4 is 5.97 Å². The molecule has 0 aromatic rings. The molecule has 1 heterocycles. The van der Waals surface area contributed by atoms with Crippen molar-refractivity contribution in [1.29, 1.82) is 0 Å². The fourth-order valence-electron chi connectivity index (χ4n) is 1.54. The summed E-state index contributed by atoms with van der Waals surface area (Å²) < 4.78 is 30.6. The summed E-state index contributed by atoms with van der Waals surface area (Å²) in [7, 11) is 1.51. The summed E-state index contributed by atoms with van der Waals surface area (Å²) in [4.78, 5) is 12.7. The molecule has 1 rings (SSSR count). The zero-order valence-corrected chi connectivity index (χ0v) is 8.43. The highest BCUT2D eigenvalue weighted by Gasteiger charge is 2.46. The van der Waals surface area contributed by atoms with Gasteiger partial charge in [-0.1, -0.05) is 6.92 Å². The number of alkyl halides is 2. The second-order valence-electron chi connectivity index (χ2n) is 3.66. The number of esters is 1. The highest BCUT2D eigenvalue weighted by molar-refractivity contribution is 5.76. The van der Waals surface area contributed by atoms with E-state index in [2.05, 4.69) is 0 Å². The number of carbonyl (C=O) groups is 1. The molecule has 0 radical (unpaired) electrons. The topological polar surface area (TPSA) is 29.5 Å². The fourth-order valence-corrected chi connectivity index (χ4v) is 1.54. The number of likely N-dealkylation sites (tertiary alicyclic amines) is 1. The SMILES string of the molecule is CCCOC(=O)C1CC(F)(F)CN1C. The van der Waals surface area contributed by atoms with Crippen molar-refractivity contribution in [3.63, 3.8) is 0 Å². The van der Waals surface area contributed by atoms with Crippen molar-refractivity contribution in [3.8, 4) is 0 Å². The molecule has 14 heavy (non-hydrogen) atoms. The first-order valence-electron chi connectivity index (χ1n) is 4.71. The van der Waals surface area contributed by atoms with Crippen LogP contribution in [0.3, 0.4) is 0 Å². The largest absolute Gasteiger partial charge is 0.465 e. The Labute approximate surface area is 82.0 Å². The molecule has 0 saturated carbocycles. The van der Waals surface area contributed by atoms with Crippen molar-refractivity contribution in [1.82, 2.24) is 4.90 Å². The van der Waals surface area contributed by atoms with Gasteiger partial charge >= 0.3 is 5.97 Å². The van der Waals surface area contributed by atoms with E-state index in [1.807, 2.05) is 6.92 Å². The lowest BCUT2D eigenvalue weighted by Crippen LogP contribution is -2.34. The minimum Gasteiger partial charge on any atom is -0.465 e. The third-order valence-corrected chi connectivity index (χ3v) is 2.23. The number of halogens is 2. The molecule has 5 heteroatoms. The van der Waals surface area contributed by atoms with E-state index in [1.165, 1.54) is 11.9 Å². The number of hydrogen-bond donors (Lipinski definition) is 0. The quantitative estimate of drug-likeness (QED) is 0.653. The molecule has 0 aromatic heterocycles. The van der Waals surface area contributed by atoms with Crippen LogP contribution in [0.4, 0.5) is 8.78 Å². The predicted molar refractivity (Wildman–Crippen MR) is 47.2 cm³/mol. The smallest absolute Gasteiger partial charge is 0.323 e. The Kier molecular flexibility index (Phi) is 3.42. The van der Waals surface area contributed by atoms with E-state index in [4.69, 9.17) is 4.74 Å². The van der Waals surface area contributed by atoms with Gasteiger partial charge in [-0.25, -0.2) is 8.78 Å². The molecule has 1 aliphatic heterocycles. The summed E-state index contributed by atoms with van der Waals surface area (Å²) in [5, 5.41) is 0. The van der Waals surface area contributed by atoms with Gasteiger partial charge in [0.2, 0.25) is 0 Å². The van der Waals surface area contributed by atoms with Gasteiger partial charge < -0.3 is 4.74 Å². The third-order valence-electron chi connectivity index (χ3n) is 2.23. The van der Waals surface area contributed by atoms with Crippen LogP contribution in [0, 0.1) is 0 Å². The zero-order chi connectivity index (χ0) is 10.8. The Morgan fingerprint density at radius 1 is 1.64 bits per heavy atom. The Morgan fingerprint density at radius 2 is 2.29 bits per heavy atom. The maximum absolute atomic E-state index is 12.9. The van der Waals surface area contributed by atoms with E-state index < -0.39 is 24.4 Å². The first-order valence-corrected chi connectivity index (χ1v) is 4.71. The molecule has 82 valence electrons. The molecule has 1 atom stereocenters. The van der Waals surface area contributed by atoms with Gasteiger partial charge in [-0.05, 0) is 13.5 Å². The van der Waals surface area contributed by atoms with Crippen LogP contribution in [-0.4, -0.2) is 43.0 Å². The Balaban J connectivity index is 2.49. The maximum atomic E-state index is 12.9. The van der Waals surface area contributed by atoms with E-state index in [-0.39, 0.29) is 6.54 Å². The first-order chi connectivity index (χ1) is 6.46. The number of likely N-dealkylation sites (N-methyl/N-ethyl adjacent to an activating group) is 1. The van der Waals surface area contributed by atoms with Crippen molar-refractivity contribution in [3.05, 3.63) is 0 Å². The molecule has 0 N–H and O–H groups in total. The first kappa shape index (κ1) is 11.4. The van der Waals surface area contributed by atoms with Gasteiger partial charge in [-0.15, -0.1) is 0 Å². The number of ether oxygens (including phenoxy) is 1. The van der Waals surface area contributed by atoms with Crippen molar-refractivity contribution in [2.75, 3.05) is 20.2 Å². The highest BCUT2D eigenvalue weighted by atomic mass is 19.3. The lowest BCUT2D eigenvalue weighted by Gasteiger charge is -2.16. The fraction of sp³-hybridized carbons (Fsp3) is 0.889. The summed E-state index contributed by atoms with van der Waals surface area (Å²) in [6.07, 6.45) is 0.282. The van der Waals surface area contributed by atoms with Crippen LogP contribution in [-0.2, 0) is 9.53 Å². The number of nitrogens with zero attached hydrogens (tertiary/aromatic N) is 1. The Hall–Kier alpha value is -0.710. The zero-order valence-electron chi connectivity index (χ0n) is 8.43. The van der Waals surface area contributed by atoms with Gasteiger partial charge in [0.15, 0.2) is 0 Å². The van der Waals surface area contributed by atoms with Crippen LogP contribution in [0.2, 0.25) is 0 Å². The van der Waals surface area contributed by atoms with Crippen molar-refractivity contribution in [2.24, 2.45) is 0 Å². The summed E-state index contributed by atoms with van der Waals surface area (Å²) in [5.74, 6) is -3.29. The van der Waals surface area contributed by atoms with E-state index in [0.29, 0.717) is 13.0 Å². The standard InChI is InChI=1S/C9H15F2NO2/c1-3-4-14-8(13)7-5-9(10,11)6-12(7)2/h7H,3-6H2,1-2H3. The average molecular weight is 207 g/mol.